The Labute approximate surface area is 149 Å². The second kappa shape index (κ2) is 8.67. The van der Waals surface area contributed by atoms with Crippen LogP contribution in [0.15, 0.2) is 54.6 Å². The lowest BCUT2D eigenvalue weighted by molar-refractivity contribution is -0.123. The molecule has 0 aliphatic rings. The van der Waals surface area contributed by atoms with E-state index in [2.05, 4.69) is 26.1 Å². The van der Waals surface area contributed by atoms with E-state index < -0.39 is 6.10 Å². The lowest BCUT2D eigenvalue weighted by Crippen LogP contribution is -2.36. The van der Waals surface area contributed by atoms with Crippen molar-refractivity contribution in [3.05, 3.63) is 65.7 Å². The fourth-order valence-corrected chi connectivity index (χ4v) is 2.44. The molecule has 134 valence electrons. The normalized spacial score (nSPS) is 12.5. The van der Waals surface area contributed by atoms with Crippen LogP contribution in [0.3, 0.4) is 0 Å². The molecule has 0 aliphatic heterocycles. The Kier molecular flexibility index (Phi) is 6.59. The van der Waals surface area contributed by atoms with Crippen LogP contribution in [0.2, 0.25) is 0 Å². The minimum Gasteiger partial charge on any atom is -0.484 e. The number of hydrogen-bond donors (Lipinski definition) is 2. The zero-order valence-electron chi connectivity index (χ0n) is 15.2. The number of carbonyl (C=O) groups excluding carboxylic acids is 1. The largest absolute Gasteiger partial charge is 0.484 e. The average Bonchev–Trinajstić information content (AvgIpc) is 2.58. The summed E-state index contributed by atoms with van der Waals surface area (Å²) >= 11 is 0. The highest BCUT2D eigenvalue weighted by atomic mass is 16.5. The van der Waals surface area contributed by atoms with Crippen LogP contribution in [-0.4, -0.2) is 30.3 Å². The molecule has 2 N–H and O–H groups in total. The Morgan fingerprint density at radius 2 is 1.72 bits per heavy atom. The number of rotatable bonds is 7. The third-order valence-electron chi connectivity index (χ3n) is 3.94. The molecule has 0 saturated heterocycles. The van der Waals surface area contributed by atoms with Crippen molar-refractivity contribution in [1.29, 1.82) is 0 Å². The van der Waals surface area contributed by atoms with Crippen molar-refractivity contribution < 1.29 is 14.6 Å². The molecule has 1 atom stereocenters. The quantitative estimate of drug-likeness (QED) is 0.814. The number of benzene rings is 2. The summed E-state index contributed by atoms with van der Waals surface area (Å²) in [5.74, 6) is 0.417. The molecule has 4 nitrogen and oxygen atoms in total. The van der Waals surface area contributed by atoms with Crippen LogP contribution in [0.4, 0.5) is 0 Å². The molecule has 1 amide bonds. The molecule has 2 rings (SSSR count). The summed E-state index contributed by atoms with van der Waals surface area (Å²) in [6, 6.07) is 17.5. The molecule has 0 saturated carbocycles. The van der Waals surface area contributed by atoms with Gasteiger partial charge in [0.05, 0.1) is 6.10 Å². The summed E-state index contributed by atoms with van der Waals surface area (Å²) < 4.78 is 5.49. The Balaban J connectivity index is 1.71. The molecule has 25 heavy (non-hydrogen) atoms. The van der Waals surface area contributed by atoms with E-state index in [1.54, 1.807) is 0 Å². The topological polar surface area (TPSA) is 58.6 Å². The number of aliphatic hydroxyl groups excluding tert-OH is 1. The van der Waals surface area contributed by atoms with E-state index in [9.17, 15) is 9.90 Å². The predicted octanol–water partition coefficient (Wildman–Crippen LogP) is 3.08. The molecule has 0 radical (unpaired) electrons. The zero-order chi connectivity index (χ0) is 18.3. The van der Waals surface area contributed by atoms with Crippen molar-refractivity contribution in [1.82, 2.24) is 5.32 Å². The lowest BCUT2D eigenvalue weighted by Gasteiger charge is -2.19. The molecule has 0 unspecified atom stereocenters. The van der Waals surface area contributed by atoms with E-state index in [1.807, 2.05) is 54.6 Å². The first-order valence-electron chi connectivity index (χ1n) is 8.56. The fourth-order valence-electron chi connectivity index (χ4n) is 2.44. The van der Waals surface area contributed by atoms with Gasteiger partial charge in [-0.05, 0) is 28.7 Å². The summed E-state index contributed by atoms with van der Waals surface area (Å²) in [5, 5.41) is 12.7. The maximum atomic E-state index is 11.9. The van der Waals surface area contributed by atoms with Crippen molar-refractivity contribution in [2.24, 2.45) is 0 Å². The molecule has 4 heteroatoms. The highest BCUT2D eigenvalue weighted by Gasteiger charge is 2.13. The number of amides is 1. The molecule has 0 aliphatic carbocycles. The molecule has 0 spiro atoms. The summed E-state index contributed by atoms with van der Waals surface area (Å²) in [5.41, 5.74) is 2.35. The summed E-state index contributed by atoms with van der Waals surface area (Å²) in [4.78, 5) is 11.9. The molecule has 0 heterocycles. The SMILES string of the molecule is CC(C)(C)c1ccc(OCC(=O)NC[C@@H](O)Cc2ccccc2)cc1. The van der Waals surface area contributed by atoms with E-state index in [0.717, 1.165) is 5.56 Å². The van der Waals surface area contributed by atoms with Crippen LogP contribution in [0, 0.1) is 0 Å². The second-order valence-corrected chi connectivity index (χ2v) is 7.21. The Hall–Kier alpha value is -2.33. The van der Waals surface area contributed by atoms with Crippen LogP contribution < -0.4 is 10.1 Å². The van der Waals surface area contributed by atoms with Crippen molar-refractivity contribution in [3.63, 3.8) is 0 Å². The monoisotopic (exact) mass is 341 g/mol. The highest BCUT2D eigenvalue weighted by molar-refractivity contribution is 5.77. The number of carbonyl (C=O) groups is 1. The van der Waals surface area contributed by atoms with E-state index in [1.165, 1.54) is 5.56 Å². The van der Waals surface area contributed by atoms with Gasteiger partial charge in [0.15, 0.2) is 6.61 Å². The van der Waals surface area contributed by atoms with Gasteiger partial charge in [0, 0.05) is 13.0 Å². The van der Waals surface area contributed by atoms with Gasteiger partial charge in [-0.2, -0.15) is 0 Å². The zero-order valence-corrected chi connectivity index (χ0v) is 15.2. The van der Waals surface area contributed by atoms with Crippen LogP contribution in [0.5, 0.6) is 5.75 Å². The summed E-state index contributed by atoms with van der Waals surface area (Å²) in [6.45, 7) is 6.60. The summed E-state index contributed by atoms with van der Waals surface area (Å²) in [7, 11) is 0. The second-order valence-electron chi connectivity index (χ2n) is 7.21. The van der Waals surface area contributed by atoms with Crippen molar-refractivity contribution in [2.75, 3.05) is 13.2 Å². The van der Waals surface area contributed by atoms with Crippen LogP contribution >= 0.6 is 0 Å². The highest BCUT2D eigenvalue weighted by Crippen LogP contribution is 2.24. The Morgan fingerprint density at radius 3 is 2.32 bits per heavy atom. The third kappa shape index (κ3) is 6.59. The maximum absolute atomic E-state index is 11.9. The molecule has 0 fully saturated rings. The van der Waals surface area contributed by atoms with Gasteiger partial charge in [-0.1, -0.05) is 63.2 Å². The third-order valence-corrected chi connectivity index (χ3v) is 3.94. The van der Waals surface area contributed by atoms with Gasteiger partial charge in [0.2, 0.25) is 0 Å². The van der Waals surface area contributed by atoms with Gasteiger partial charge in [-0.3, -0.25) is 4.79 Å². The van der Waals surface area contributed by atoms with Gasteiger partial charge >= 0.3 is 0 Å². The van der Waals surface area contributed by atoms with E-state index in [0.29, 0.717) is 12.2 Å². The fraction of sp³-hybridized carbons (Fsp3) is 0.381. The van der Waals surface area contributed by atoms with Gasteiger partial charge in [0.1, 0.15) is 5.75 Å². The number of aliphatic hydroxyl groups is 1. The van der Waals surface area contributed by atoms with E-state index >= 15 is 0 Å². The van der Waals surface area contributed by atoms with Gasteiger partial charge < -0.3 is 15.2 Å². The van der Waals surface area contributed by atoms with Gasteiger partial charge in [-0.25, -0.2) is 0 Å². The van der Waals surface area contributed by atoms with Crippen molar-refractivity contribution >= 4 is 5.91 Å². The minimum absolute atomic E-state index is 0.0626. The van der Waals surface area contributed by atoms with Crippen LogP contribution in [-0.2, 0) is 16.6 Å². The number of nitrogens with one attached hydrogen (secondary N) is 1. The standard InChI is InChI=1S/C21H27NO3/c1-21(2,3)17-9-11-19(12-10-17)25-15-20(24)22-14-18(23)13-16-7-5-4-6-8-16/h4-12,18,23H,13-15H2,1-3H3,(H,22,24)/t18-/m0/s1. The minimum atomic E-state index is -0.614. The molecule has 2 aromatic carbocycles. The Bertz CT molecular complexity index is 660. The van der Waals surface area contributed by atoms with Crippen LogP contribution in [0.25, 0.3) is 0 Å². The van der Waals surface area contributed by atoms with Crippen molar-refractivity contribution in [2.45, 2.75) is 38.7 Å². The first-order chi connectivity index (χ1) is 11.8. The summed E-state index contributed by atoms with van der Waals surface area (Å²) in [6.07, 6.45) is -0.103. The molecule has 0 aromatic heterocycles. The number of hydrogen-bond acceptors (Lipinski definition) is 3. The maximum Gasteiger partial charge on any atom is 0.258 e. The van der Waals surface area contributed by atoms with E-state index in [-0.39, 0.29) is 24.5 Å². The smallest absolute Gasteiger partial charge is 0.258 e. The van der Waals surface area contributed by atoms with Crippen LogP contribution in [0.1, 0.15) is 31.9 Å². The molecule has 0 bridgehead atoms. The van der Waals surface area contributed by atoms with Crippen molar-refractivity contribution in [3.8, 4) is 5.75 Å². The number of ether oxygens (including phenoxy) is 1. The molecular weight excluding hydrogens is 314 g/mol. The Morgan fingerprint density at radius 1 is 1.08 bits per heavy atom. The first kappa shape index (κ1) is 19.0. The van der Waals surface area contributed by atoms with E-state index in [4.69, 9.17) is 4.74 Å². The average molecular weight is 341 g/mol. The van der Waals surface area contributed by atoms with Gasteiger partial charge in [0.25, 0.3) is 5.91 Å². The predicted molar refractivity (Wildman–Crippen MR) is 99.8 cm³/mol. The molecule has 2 aromatic rings. The lowest BCUT2D eigenvalue weighted by atomic mass is 9.87. The first-order valence-corrected chi connectivity index (χ1v) is 8.56. The van der Waals surface area contributed by atoms with Gasteiger partial charge in [-0.15, -0.1) is 0 Å². The molecular formula is C21H27NO3.